The summed E-state index contributed by atoms with van der Waals surface area (Å²) in [5.74, 6) is 0.741. The number of non-ortho nitro benzene ring substituents is 1. The van der Waals surface area contributed by atoms with Crippen molar-refractivity contribution in [1.82, 2.24) is 4.98 Å². The fraction of sp³-hybridized carbons (Fsp3) is 0.400. The smallest absolute Gasteiger partial charge is 0.270 e. The molecule has 2 rings (SSSR count). The summed E-state index contributed by atoms with van der Waals surface area (Å²) in [5, 5.41) is 14.9. The molecule has 0 aliphatic rings. The summed E-state index contributed by atoms with van der Waals surface area (Å²) in [6, 6.07) is 8.34. The van der Waals surface area contributed by atoms with Crippen molar-refractivity contribution in [2.45, 2.75) is 32.2 Å². The Morgan fingerprint density at radius 3 is 2.57 bits per heavy atom. The number of hydrogen-bond donors (Lipinski definition) is 2. The standard InChI is InChI=1S/C15H20N4O2/c1-3-15(4-2,10-16)18-14-8-5-11-9-12(19(20)21)6-7-13(11)17-14/h5-9H,3-4,10,16H2,1-2H3,(H,17,18). The Bertz CT molecular complexity index is 645. The van der Waals surface area contributed by atoms with Gasteiger partial charge in [0.2, 0.25) is 0 Å². The molecule has 0 saturated heterocycles. The number of aromatic nitrogens is 1. The molecule has 1 aromatic carbocycles. The Balaban J connectivity index is 2.35. The van der Waals surface area contributed by atoms with Gasteiger partial charge in [-0.05, 0) is 31.0 Å². The van der Waals surface area contributed by atoms with Gasteiger partial charge in [0.15, 0.2) is 0 Å². The molecule has 0 amide bonds. The van der Waals surface area contributed by atoms with Crippen molar-refractivity contribution >= 4 is 22.4 Å². The first-order chi connectivity index (χ1) is 10.0. The lowest BCUT2D eigenvalue weighted by atomic mass is 9.93. The van der Waals surface area contributed by atoms with E-state index in [0.717, 1.165) is 29.6 Å². The summed E-state index contributed by atoms with van der Waals surface area (Å²) in [7, 11) is 0. The van der Waals surface area contributed by atoms with Crippen molar-refractivity contribution in [2.75, 3.05) is 11.9 Å². The zero-order valence-electron chi connectivity index (χ0n) is 12.3. The third kappa shape index (κ3) is 3.11. The molecule has 6 heteroatoms. The minimum Gasteiger partial charge on any atom is -0.363 e. The number of fused-ring (bicyclic) bond motifs is 1. The Morgan fingerprint density at radius 1 is 1.29 bits per heavy atom. The van der Waals surface area contributed by atoms with E-state index in [-0.39, 0.29) is 11.2 Å². The van der Waals surface area contributed by atoms with Crippen molar-refractivity contribution in [3.63, 3.8) is 0 Å². The maximum absolute atomic E-state index is 10.8. The van der Waals surface area contributed by atoms with E-state index in [2.05, 4.69) is 24.1 Å². The lowest BCUT2D eigenvalue weighted by Gasteiger charge is -2.32. The van der Waals surface area contributed by atoms with Gasteiger partial charge in [0.1, 0.15) is 5.82 Å². The Kier molecular flexibility index (Phi) is 4.37. The number of rotatable bonds is 6. The predicted molar refractivity (Wildman–Crippen MR) is 84.4 cm³/mol. The van der Waals surface area contributed by atoms with Gasteiger partial charge in [0.05, 0.1) is 16.0 Å². The number of hydrogen-bond acceptors (Lipinski definition) is 5. The highest BCUT2D eigenvalue weighted by molar-refractivity contribution is 5.82. The Morgan fingerprint density at radius 2 is 2.00 bits per heavy atom. The molecule has 6 nitrogen and oxygen atoms in total. The molecule has 0 bridgehead atoms. The number of nitrogens with zero attached hydrogens (tertiary/aromatic N) is 2. The van der Waals surface area contributed by atoms with Gasteiger partial charge < -0.3 is 11.1 Å². The molecular weight excluding hydrogens is 268 g/mol. The van der Waals surface area contributed by atoms with Crippen LogP contribution >= 0.6 is 0 Å². The molecule has 0 aliphatic heterocycles. The normalized spacial score (nSPS) is 11.6. The van der Waals surface area contributed by atoms with E-state index in [1.54, 1.807) is 6.07 Å². The molecule has 0 unspecified atom stereocenters. The number of nitro groups is 1. The van der Waals surface area contributed by atoms with Crippen LogP contribution in [0, 0.1) is 10.1 Å². The SMILES string of the molecule is CCC(CC)(CN)Nc1ccc2cc([N+](=O)[O-])ccc2n1. The maximum Gasteiger partial charge on any atom is 0.270 e. The van der Waals surface area contributed by atoms with Crippen LogP contribution in [0.25, 0.3) is 10.9 Å². The minimum absolute atomic E-state index is 0.0726. The first-order valence-electron chi connectivity index (χ1n) is 7.07. The van der Waals surface area contributed by atoms with E-state index in [4.69, 9.17) is 5.73 Å². The number of nitrogens with one attached hydrogen (secondary N) is 1. The average Bonchev–Trinajstić information content (AvgIpc) is 2.52. The van der Waals surface area contributed by atoms with E-state index in [9.17, 15) is 10.1 Å². The van der Waals surface area contributed by atoms with Gasteiger partial charge in [-0.1, -0.05) is 13.8 Å². The monoisotopic (exact) mass is 288 g/mol. The van der Waals surface area contributed by atoms with Crippen LogP contribution in [0.2, 0.25) is 0 Å². The molecule has 2 aromatic rings. The molecule has 1 aromatic heterocycles. The topological polar surface area (TPSA) is 94.1 Å². The second-order valence-corrected chi connectivity index (χ2v) is 5.15. The van der Waals surface area contributed by atoms with Crippen molar-refractivity contribution < 1.29 is 4.92 Å². The van der Waals surface area contributed by atoms with Crippen LogP contribution < -0.4 is 11.1 Å². The zero-order chi connectivity index (χ0) is 15.5. The molecule has 3 N–H and O–H groups in total. The summed E-state index contributed by atoms with van der Waals surface area (Å²) in [4.78, 5) is 14.9. The average molecular weight is 288 g/mol. The summed E-state index contributed by atoms with van der Waals surface area (Å²) in [6.45, 7) is 4.71. The van der Waals surface area contributed by atoms with Crippen LogP contribution in [0.5, 0.6) is 0 Å². The van der Waals surface area contributed by atoms with Crippen molar-refractivity contribution in [1.29, 1.82) is 0 Å². The highest BCUT2D eigenvalue weighted by atomic mass is 16.6. The zero-order valence-corrected chi connectivity index (χ0v) is 12.3. The summed E-state index contributed by atoms with van der Waals surface area (Å²) in [6.07, 6.45) is 1.81. The second kappa shape index (κ2) is 6.05. The number of nitrogens with two attached hydrogens (primary N) is 1. The summed E-state index contributed by atoms with van der Waals surface area (Å²) < 4.78 is 0. The highest BCUT2D eigenvalue weighted by Gasteiger charge is 2.24. The minimum atomic E-state index is -0.404. The van der Waals surface area contributed by atoms with E-state index in [1.165, 1.54) is 12.1 Å². The molecule has 0 radical (unpaired) electrons. The van der Waals surface area contributed by atoms with E-state index in [1.807, 2.05) is 12.1 Å². The van der Waals surface area contributed by atoms with Gasteiger partial charge in [-0.15, -0.1) is 0 Å². The van der Waals surface area contributed by atoms with Gasteiger partial charge in [-0.25, -0.2) is 4.98 Å². The number of nitro benzene ring substituents is 1. The number of anilines is 1. The predicted octanol–water partition coefficient (Wildman–Crippen LogP) is 3.07. The van der Waals surface area contributed by atoms with Crippen LogP contribution in [-0.2, 0) is 0 Å². The van der Waals surface area contributed by atoms with Crippen LogP contribution in [0.1, 0.15) is 26.7 Å². The van der Waals surface area contributed by atoms with Gasteiger partial charge in [0, 0.05) is 24.1 Å². The van der Waals surface area contributed by atoms with Gasteiger partial charge in [0.25, 0.3) is 5.69 Å². The van der Waals surface area contributed by atoms with Crippen LogP contribution in [0.3, 0.4) is 0 Å². The molecule has 1 heterocycles. The third-order valence-electron chi connectivity index (χ3n) is 4.02. The van der Waals surface area contributed by atoms with E-state index >= 15 is 0 Å². The first kappa shape index (κ1) is 15.2. The van der Waals surface area contributed by atoms with Crippen LogP contribution in [-0.4, -0.2) is 22.0 Å². The summed E-state index contributed by atoms with van der Waals surface area (Å²) in [5.41, 5.74) is 6.51. The van der Waals surface area contributed by atoms with Gasteiger partial charge in [-0.3, -0.25) is 10.1 Å². The largest absolute Gasteiger partial charge is 0.363 e. The summed E-state index contributed by atoms with van der Waals surface area (Å²) >= 11 is 0. The van der Waals surface area contributed by atoms with E-state index in [0.29, 0.717) is 6.54 Å². The molecule has 0 aliphatic carbocycles. The van der Waals surface area contributed by atoms with Crippen molar-refractivity contribution in [2.24, 2.45) is 5.73 Å². The lowest BCUT2D eigenvalue weighted by Crippen LogP contribution is -2.44. The van der Waals surface area contributed by atoms with Gasteiger partial charge >= 0.3 is 0 Å². The van der Waals surface area contributed by atoms with Crippen molar-refractivity contribution in [3.05, 3.63) is 40.4 Å². The first-order valence-corrected chi connectivity index (χ1v) is 7.07. The molecule has 112 valence electrons. The second-order valence-electron chi connectivity index (χ2n) is 5.15. The highest BCUT2D eigenvalue weighted by Crippen LogP contribution is 2.24. The van der Waals surface area contributed by atoms with Crippen LogP contribution in [0.4, 0.5) is 11.5 Å². The molecule has 0 fully saturated rings. The fourth-order valence-corrected chi connectivity index (χ4v) is 2.33. The van der Waals surface area contributed by atoms with E-state index < -0.39 is 4.92 Å². The van der Waals surface area contributed by atoms with Gasteiger partial charge in [-0.2, -0.15) is 0 Å². The molecule has 0 atom stereocenters. The number of benzene rings is 1. The third-order valence-corrected chi connectivity index (χ3v) is 4.02. The quantitative estimate of drug-likeness (QED) is 0.629. The Hall–Kier alpha value is -2.21. The fourth-order valence-electron chi connectivity index (χ4n) is 2.33. The maximum atomic E-state index is 10.8. The molecular formula is C15H20N4O2. The lowest BCUT2D eigenvalue weighted by molar-refractivity contribution is -0.384. The Labute approximate surface area is 123 Å². The van der Waals surface area contributed by atoms with Crippen molar-refractivity contribution in [3.8, 4) is 0 Å². The molecule has 0 spiro atoms. The molecule has 0 saturated carbocycles. The molecule has 21 heavy (non-hydrogen) atoms. The van der Waals surface area contributed by atoms with Crippen LogP contribution in [0.15, 0.2) is 30.3 Å². The number of pyridine rings is 1.